The summed E-state index contributed by atoms with van der Waals surface area (Å²) in [5.41, 5.74) is 3.20. The van der Waals surface area contributed by atoms with Crippen LogP contribution in [0.15, 0.2) is 23.2 Å². The molecule has 4 rings (SSSR count). The summed E-state index contributed by atoms with van der Waals surface area (Å²) in [6.45, 7) is 6.42. The summed E-state index contributed by atoms with van der Waals surface area (Å²) in [5.74, 6) is 0.624. The maximum atomic E-state index is 10.5. The van der Waals surface area contributed by atoms with E-state index in [0.717, 1.165) is 41.8 Å². The van der Waals surface area contributed by atoms with Crippen molar-refractivity contribution in [3.63, 3.8) is 0 Å². The Morgan fingerprint density at radius 3 is 2.84 bits per heavy atom. The average Bonchev–Trinajstić information content (AvgIpc) is 3.12. The van der Waals surface area contributed by atoms with Crippen molar-refractivity contribution in [2.75, 3.05) is 44.7 Å². The lowest BCUT2D eigenvalue weighted by Crippen LogP contribution is -2.42. The summed E-state index contributed by atoms with van der Waals surface area (Å²) < 4.78 is 7.35. The van der Waals surface area contributed by atoms with Gasteiger partial charge in [0.05, 0.1) is 55.3 Å². The molecule has 3 atom stereocenters. The van der Waals surface area contributed by atoms with Crippen LogP contribution >= 0.6 is 0 Å². The van der Waals surface area contributed by atoms with E-state index in [2.05, 4.69) is 22.1 Å². The molecule has 0 saturated carbocycles. The van der Waals surface area contributed by atoms with Gasteiger partial charge in [-0.1, -0.05) is 6.07 Å². The van der Waals surface area contributed by atoms with Crippen molar-refractivity contribution in [2.45, 2.75) is 51.2 Å². The predicted molar refractivity (Wildman–Crippen MR) is 120 cm³/mol. The molecule has 3 unspecified atom stereocenters. The van der Waals surface area contributed by atoms with E-state index >= 15 is 0 Å². The quantitative estimate of drug-likeness (QED) is 0.484. The number of aliphatic hydroxyl groups is 3. The molecule has 1 aromatic heterocycles. The number of hydrogen-bond donors (Lipinski definition) is 4. The number of hydrogen-bond acceptors (Lipinski definition) is 8. The van der Waals surface area contributed by atoms with Crippen molar-refractivity contribution in [1.82, 2.24) is 14.5 Å². The van der Waals surface area contributed by atoms with E-state index < -0.39 is 12.2 Å². The smallest absolute Gasteiger partial charge is 0.204 e. The molecule has 0 radical (unpaired) electrons. The molecule has 9 heteroatoms. The van der Waals surface area contributed by atoms with Crippen molar-refractivity contribution in [3.05, 3.63) is 23.8 Å². The zero-order valence-electron chi connectivity index (χ0n) is 18.1. The summed E-state index contributed by atoms with van der Waals surface area (Å²) in [6, 6.07) is 5.84. The van der Waals surface area contributed by atoms with Crippen LogP contribution in [0.25, 0.3) is 11.0 Å². The minimum Gasteiger partial charge on any atom is -0.392 e. The molecule has 3 heterocycles. The summed E-state index contributed by atoms with van der Waals surface area (Å²) in [5, 5.41) is 33.9. The fourth-order valence-electron chi connectivity index (χ4n) is 4.22. The lowest BCUT2D eigenvalue weighted by atomic mass is 10.0. The van der Waals surface area contributed by atoms with Crippen LogP contribution in [0.4, 0.5) is 5.95 Å². The molecule has 31 heavy (non-hydrogen) atoms. The minimum atomic E-state index is -0.561. The highest BCUT2D eigenvalue weighted by Gasteiger charge is 2.23. The van der Waals surface area contributed by atoms with Crippen molar-refractivity contribution >= 4 is 22.7 Å². The van der Waals surface area contributed by atoms with Crippen LogP contribution in [0, 0.1) is 0 Å². The van der Waals surface area contributed by atoms with E-state index in [0.29, 0.717) is 45.2 Å². The molecule has 0 bridgehead atoms. The first kappa shape index (κ1) is 22.2. The van der Waals surface area contributed by atoms with Gasteiger partial charge in [0.25, 0.3) is 0 Å². The first-order chi connectivity index (χ1) is 15.0. The van der Waals surface area contributed by atoms with Gasteiger partial charge in [-0.05, 0) is 37.5 Å². The van der Waals surface area contributed by atoms with E-state index in [1.165, 1.54) is 0 Å². The summed E-state index contributed by atoms with van der Waals surface area (Å²) in [4.78, 5) is 11.6. The van der Waals surface area contributed by atoms with E-state index in [1.807, 2.05) is 22.8 Å². The molecule has 0 spiro atoms. The highest BCUT2D eigenvalue weighted by Crippen LogP contribution is 2.24. The molecule has 1 saturated heterocycles. The van der Waals surface area contributed by atoms with Crippen LogP contribution in [-0.2, 0) is 17.9 Å². The molecule has 0 aliphatic carbocycles. The molecule has 1 fully saturated rings. The van der Waals surface area contributed by atoms with Crippen LogP contribution in [-0.4, -0.2) is 93.1 Å². The Hall–Kier alpha value is -2.04. The molecule has 1 aromatic carbocycles. The van der Waals surface area contributed by atoms with Crippen LogP contribution in [0.5, 0.6) is 0 Å². The van der Waals surface area contributed by atoms with Crippen LogP contribution in [0.1, 0.15) is 25.3 Å². The fourth-order valence-corrected chi connectivity index (χ4v) is 4.22. The molecule has 9 nitrogen and oxygen atoms in total. The highest BCUT2D eigenvalue weighted by atomic mass is 16.5. The van der Waals surface area contributed by atoms with Crippen molar-refractivity contribution in [3.8, 4) is 0 Å². The Kier molecular flexibility index (Phi) is 7.19. The van der Waals surface area contributed by atoms with Crippen molar-refractivity contribution in [2.24, 2.45) is 4.99 Å². The van der Waals surface area contributed by atoms with Gasteiger partial charge in [-0.2, -0.15) is 0 Å². The number of morpholine rings is 1. The van der Waals surface area contributed by atoms with Gasteiger partial charge in [0.15, 0.2) is 0 Å². The minimum absolute atomic E-state index is 0.0528. The normalized spacial score (nSPS) is 23.7. The molecular weight excluding hydrogens is 398 g/mol. The van der Waals surface area contributed by atoms with Gasteiger partial charge in [-0.15, -0.1) is 0 Å². The number of aromatic nitrogens is 2. The van der Waals surface area contributed by atoms with E-state index in [9.17, 15) is 15.3 Å². The monoisotopic (exact) mass is 431 g/mol. The number of ether oxygens (including phenoxy) is 1. The second-order valence-electron chi connectivity index (χ2n) is 8.51. The molecule has 2 aromatic rings. The first-order valence-corrected chi connectivity index (χ1v) is 11.1. The largest absolute Gasteiger partial charge is 0.392 e. The van der Waals surface area contributed by atoms with Gasteiger partial charge < -0.3 is 29.9 Å². The maximum absolute atomic E-state index is 10.5. The number of rotatable bonds is 8. The summed E-state index contributed by atoms with van der Waals surface area (Å²) in [6.07, 6.45) is 0.477. The number of nitrogens with one attached hydrogen (secondary N) is 1. The topological polar surface area (TPSA) is 115 Å². The summed E-state index contributed by atoms with van der Waals surface area (Å²) in [7, 11) is 0. The van der Waals surface area contributed by atoms with Crippen LogP contribution in [0.3, 0.4) is 0 Å². The van der Waals surface area contributed by atoms with Crippen LogP contribution in [0.2, 0.25) is 0 Å². The number of aliphatic imine (C=N–C) groups is 1. The highest BCUT2D eigenvalue weighted by molar-refractivity contribution is 5.91. The third kappa shape index (κ3) is 5.42. The van der Waals surface area contributed by atoms with E-state index in [-0.39, 0.29) is 12.6 Å². The Morgan fingerprint density at radius 1 is 1.26 bits per heavy atom. The van der Waals surface area contributed by atoms with Gasteiger partial charge in [0.2, 0.25) is 5.95 Å². The number of β-amino-alcohol motifs (C(OH)–C–C–N with tert-alkyl or cyclic N) is 1. The number of anilines is 1. The Balaban J connectivity index is 1.54. The summed E-state index contributed by atoms with van der Waals surface area (Å²) >= 11 is 0. The SMILES string of the molecule is CC1CCC(O)C(Cn2c(NCC(O)CN3CCOCC3)nc3ccc(CO)cc32)=N1. The first-order valence-electron chi connectivity index (χ1n) is 11.1. The fraction of sp³-hybridized carbons (Fsp3) is 0.636. The van der Waals surface area contributed by atoms with Gasteiger partial charge in [-0.3, -0.25) is 9.89 Å². The predicted octanol–water partition coefficient (Wildman–Crippen LogP) is 0.618. The second-order valence-corrected chi connectivity index (χ2v) is 8.51. The lowest BCUT2D eigenvalue weighted by molar-refractivity contribution is 0.0171. The Bertz CT molecular complexity index is 909. The van der Waals surface area contributed by atoms with Gasteiger partial charge >= 0.3 is 0 Å². The third-order valence-corrected chi connectivity index (χ3v) is 6.01. The second kappa shape index (κ2) is 10.1. The zero-order chi connectivity index (χ0) is 21.8. The maximum Gasteiger partial charge on any atom is 0.204 e. The molecule has 4 N–H and O–H groups in total. The Morgan fingerprint density at radius 2 is 2.06 bits per heavy atom. The number of benzene rings is 1. The zero-order valence-corrected chi connectivity index (χ0v) is 18.1. The molecule has 2 aliphatic heterocycles. The van der Waals surface area contributed by atoms with Gasteiger partial charge in [0.1, 0.15) is 0 Å². The molecule has 2 aliphatic rings. The van der Waals surface area contributed by atoms with E-state index in [1.54, 1.807) is 0 Å². The Labute approximate surface area is 182 Å². The number of imidazole rings is 1. The number of nitrogens with zero attached hydrogens (tertiary/aromatic N) is 4. The van der Waals surface area contributed by atoms with Crippen LogP contribution < -0.4 is 5.32 Å². The average molecular weight is 432 g/mol. The van der Waals surface area contributed by atoms with Gasteiger partial charge in [-0.25, -0.2) is 4.98 Å². The number of aliphatic hydroxyl groups excluding tert-OH is 3. The van der Waals surface area contributed by atoms with E-state index in [4.69, 9.17) is 9.72 Å². The number of fused-ring (bicyclic) bond motifs is 1. The molecular formula is C22H33N5O4. The third-order valence-electron chi connectivity index (χ3n) is 6.01. The van der Waals surface area contributed by atoms with Gasteiger partial charge in [0, 0.05) is 32.2 Å². The molecule has 0 amide bonds. The standard InChI is InChI=1S/C22H33N5O4/c1-15-2-5-21(30)19(24-15)13-27-20-10-16(14-28)3-4-18(20)25-22(27)23-11-17(29)12-26-6-8-31-9-7-26/h3-4,10,15,17,21,28-30H,2,5-9,11-14H2,1H3,(H,23,25). The van der Waals surface area contributed by atoms with Crippen molar-refractivity contribution < 1.29 is 20.1 Å². The van der Waals surface area contributed by atoms with Crippen molar-refractivity contribution in [1.29, 1.82) is 0 Å². The molecule has 170 valence electrons. The lowest BCUT2D eigenvalue weighted by Gasteiger charge is -2.28.